The number of hydrogen-bond donors (Lipinski definition) is 2. The molecule has 30 heavy (non-hydrogen) atoms. The zero-order valence-corrected chi connectivity index (χ0v) is 19.1. The fraction of sp³-hybridized carbons (Fsp3) is 0.600. The van der Waals surface area contributed by atoms with E-state index < -0.39 is 22.5 Å². The zero-order chi connectivity index (χ0) is 23.1. The van der Waals surface area contributed by atoms with Crippen LogP contribution in [-0.2, 0) is 4.74 Å². The minimum atomic E-state index is -0.546. The smallest absolute Gasteiger partial charge is 0.407 e. The third-order valence-electron chi connectivity index (χ3n) is 4.07. The molecule has 0 radical (unpaired) electrons. The molecule has 0 fully saturated rings. The van der Waals surface area contributed by atoms with Crippen LogP contribution in [0.25, 0.3) is 0 Å². The molecule has 1 atom stereocenters. The van der Waals surface area contributed by atoms with Gasteiger partial charge in [0.1, 0.15) is 11.3 Å². The first-order valence-corrected chi connectivity index (χ1v) is 10.1. The maximum Gasteiger partial charge on any atom is 0.407 e. The number of carbonyl (C=O) groups is 2. The second-order valence-corrected chi connectivity index (χ2v) is 8.65. The molecule has 0 unspecified atom stereocenters. The van der Waals surface area contributed by atoms with E-state index in [1.807, 2.05) is 6.92 Å². The van der Waals surface area contributed by atoms with Crippen LogP contribution in [0.4, 0.5) is 16.2 Å². The number of anilines is 1. The van der Waals surface area contributed by atoms with Gasteiger partial charge in [-0.25, -0.2) is 4.79 Å². The van der Waals surface area contributed by atoms with Crippen LogP contribution >= 0.6 is 11.6 Å². The summed E-state index contributed by atoms with van der Waals surface area (Å²) in [6.45, 7) is 7.72. The van der Waals surface area contributed by atoms with Gasteiger partial charge in [0.15, 0.2) is 0 Å². The molecule has 0 aliphatic rings. The van der Waals surface area contributed by atoms with E-state index in [4.69, 9.17) is 16.3 Å². The second-order valence-electron chi connectivity index (χ2n) is 8.24. The summed E-state index contributed by atoms with van der Waals surface area (Å²) in [5.41, 5.74) is -0.557. The number of rotatable bonds is 9. The average molecular weight is 443 g/mol. The lowest BCUT2D eigenvalue weighted by Gasteiger charge is -2.21. The largest absolute Gasteiger partial charge is 0.444 e. The summed E-state index contributed by atoms with van der Waals surface area (Å²) in [5.74, 6) is -0.417. The summed E-state index contributed by atoms with van der Waals surface area (Å²) in [6.07, 6.45) is 1.69. The van der Waals surface area contributed by atoms with Gasteiger partial charge in [0, 0.05) is 32.7 Å². The number of carbonyl (C=O) groups excluding carboxylic acids is 2. The van der Waals surface area contributed by atoms with Gasteiger partial charge in [0.25, 0.3) is 11.6 Å². The van der Waals surface area contributed by atoms with Gasteiger partial charge >= 0.3 is 6.09 Å². The minimum Gasteiger partial charge on any atom is -0.444 e. The minimum absolute atomic E-state index is 0.0781. The maximum absolute atomic E-state index is 12.5. The number of amides is 2. The third kappa shape index (κ3) is 8.06. The van der Waals surface area contributed by atoms with Crippen LogP contribution in [0.3, 0.4) is 0 Å². The summed E-state index contributed by atoms with van der Waals surface area (Å²) in [5, 5.41) is 17.4. The Morgan fingerprint density at radius 1 is 1.27 bits per heavy atom. The summed E-state index contributed by atoms with van der Waals surface area (Å²) in [6, 6.07) is 2.49. The van der Waals surface area contributed by atoms with E-state index in [-0.39, 0.29) is 28.0 Å². The molecule has 2 amide bonds. The highest BCUT2D eigenvalue weighted by Crippen LogP contribution is 2.35. The number of nitrogens with zero attached hydrogens (tertiary/aromatic N) is 2. The normalized spacial score (nSPS) is 12.1. The van der Waals surface area contributed by atoms with Crippen molar-refractivity contribution in [1.29, 1.82) is 0 Å². The van der Waals surface area contributed by atoms with Crippen LogP contribution in [0.2, 0.25) is 5.02 Å². The van der Waals surface area contributed by atoms with Crippen molar-refractivity contribution in [2.45, 2.75) is 58.6 Å². The number of alkyl carbamates (subject to hydrolysis) is 1. The first kappa shape index (κ1) is 25.5. The molecule has 0 spiro atoms. The predicted octanol–water partition coefficient (Wildman–Crippen LogP) is 4.45. The molecule has 0 aliphatic carbocycles. The first-order valence-electron chi connectivity index (χ1n) is 9.75. The van der Waals surface area contributed by atoms with Crippen LogP contribution < -0.4 is 10.6 Å². The number of benzene rings is 1. The molecular weight excluding hydrogens is 412 g/mol. The van der Waals surface area contributed by atoms with Gasteiger partial charge in [-0.2, -0.15) is 0 Å². The number of ether oxygens (including phenoxy) is 1. The lowest BCUT2D eigenvalue weighted by molar-refractivity contribution is -0.384. The van der Waals surface area contributed by atoms with E-state index in [0.717, 1.165) is 6.42 Å². The van der Waals surface area contributed by atoms with E-state index in [1.165, 1.54) is 17.0 Å². The summed E-state index contributed by atoms with van der Waals surface area (Å²) in [7, 11) is 3.12. The summed E-state index contributed by atoms with van der Waals surface area (Å²) in [4.78, 5) is 36.4. The molecule has 0 aromatic heterocycles. The van der Waals surface area contributed by atoms with E-state index >= 15 is 0 Å². The highest BCUT2D eigenvalue weighted by Gasteiger charge is 2.27. The maximum atomic E-state index is 12.5. The summed E-state index contributed by atoms with van der Waals surface area (Å²) < 4.78 is 5.17. The number of halogens is 1. The molecule has 1 aromatic carbocycles. The predicted molar refractivity (Wildman–Crippen MR) is 117 cm³/mol. The Balaban J connectivity index is 2.73. The molecule has 168 valence electrons. The van der Waals surface area contributed by atoms with E-state index in [2.05, 4.69) is 10.6 Å². The van der Waals surface area contributed by atoms with Crippen molar-refractivity contribution < 1.29 is 19.2 Å². The van der Waals surface area contributed by atoms with Crippen molar-refractivity contribution in [3.63, 3.8) is 0 Å². The van der Waals surface area contributed by atoms with Crippen LogP contribution in [0.1, 0.15) is 57.3 Å². The highest BCUT2D eigenvalue weighted by atomic mass is 35.5. The van der Waals surface area contributed by atoms with Crippen molar-refractivity contribution in [3.05, 3.63) is 32.8 Å². The Hall–Kier alpha value is -2.55. The number of nitrogens with one attached hydrogen (secondary N) is 2. The van der Waals surface area contributed by atoms with Crippen molar-refractivity contribution in [2.75, 3.05) is 26.0 Å². The molecule has 9 nitrogen and oxygen atoms in total. The van der Waals surface area contributed by atoms with Crippen molar-refractivity contribution >= 4 is 35.0 Å². The number of nitro groups is 1. The van der Waals surface area contributed by atoms with E-state index in [1.54, 1.807) is 34.9 Å². The number of hydrogen-bond acceptors (Lipinski definition) is 6. The van der Waals surface area contributed by atoms with Gasteiger partial charge in [0.05, 0.1) is 15.5 Å². The molecule has 0 bridgehead atoms. The van der Waals surface area contributed by atoms with Crippen molar-refractivity contribution in [1.82, 2.24) is 10.2 Å². The fourth-order valence-electron chi connectivity index (χ4n) is 2.70. The Morgan fingerprint density at radius 2 is 1.90 bits per heavy atom. The fourth-order valence-corrected chi connectivity index (χ4v) is 2.93. The van der Waals surface area contributed by atoms with Crippen LogP contribution in [0.5, 0.6) is 0 Å². The molecule has 1 aromatic rings. The molecule has 0 heterocycles. The topological polar surface area (TPSA) is 114 Å². The van der Waals surface area contributed by atoms with Gasteiger partial charge in [-0.05, 0) is 53.0 Å². The molecule has 2 N–H and O–H groups in total. The monoisotopic (exact) mass is 442 g/mol. The number of nitro benzene ring substituents is 1. The van der Waals surface area contributed by atoms with Gasteiger partial charge in [-0.3, -0.25) is 14.9 Å². The van der Waals surface area contributed by atoms with Gasteiger partial charge in [0.2, 0.25) is 0 Å². The van der Waals surface area contributed by atoms with E-state index in [0.29, 0.717) is 19.4 Å². The van der Waals surface area contributed by atoms with Crippen LogP contribution in [-0.4, -0.2) is 54.1 Å². The van der Waals surface area contributed by atoms with Crippen molar-refractivity contribution in [2.24, 2.45) is 0 Å². The molecule has 10 heteroatoms. The molecule has 0 saturated heterocycles. The zero-order valence-electron chi connectivity index (χ0n) is 18.4. The van der Waals surface area contributed by atoms with E-state index in [9.17, 15) is 19.7 Å². The molecular formula is C20H31ClN4O5. The molecule has 1 rings (SSSR count). The standard InChI is InChI=1S/C20H31ClN4O5/c1-13(9-7-8-12-22-19(27)30-20(2,3)4)23-17-15(25(28)29)11-10-14(21)16(17)18(26)24(5)6/h10-11,13,23H,7-9,12H2,1-6H3,(H,22,27)/t13-/m1/s1. The third-order valence-corrected chi connectivity index (χ3v) is 4.39. The quantitative estimate of drug-likeness (QED) is 0.332. The van der Waals surface area contributed by atoms with Gasteiger partial charge in [-0.1, -0.05) is 11.6 Å². The van der Waals surface area contributed by atoms with Gasteiger partial charge in [-0.15, -0.1) is 0 Å². The van der Waals surface area contributed by atoms with Crippen LogP contribution in [0.15, 0.2) is 12.1 Å². The Kier molecular flexibility index (Phi) is 9.35. The van der Waals surface area contributed by atoms with Gasteiger partial charge < -0.3 is 20.3 Å². The Labute approximate surface area is 182 Å². The molecule has 0 saturated carbocycles. The summed E-state index contributed by atoms with van der Waals surface area (Å²) >= 11 is 6.19. The Bertz CT molecular complexity index is 777. The first-order chi connectivity index (χ1) is 13.8. The second kappa shape index (κ2) is 11.0. The average Bonchev–Trinajstić information content (AvgIpc) is 2.59. The highest BCUT2D eigenvalue weighted by molar-refractivity contribution is 6.35. The lowest BCUT2D eigenvalue weighted by Crippen LogP contribution is -2.33. The van der Waals surface area contributed by atoms with Crippen LogP contribution in [0, 0.1) is 10.1 Å². The Morgan fingerprint density at radius 3 is 2.43 bits per heavy atom. The number of unbranched alkanes of at least 4 members (excludes halogenated alkanes) is 1. The lowest BCUT2D eigenvalue weighted by atomic mass is 10.1. The SMILES string of the molecule is C[C@H](CCCCNC(=O)OC(C)(C)C)Nc1c([N+](=O)[O-])ccc(Cl)c1C(=O)N(C)C. The molecule has 0 aliphatic heterocycles. The van der Waals surface area contributed by atoms with Crippen molar-refractivity contribution in [3.8, 4) is 0 Å².